The number of hydrogen-bond donors (Lipinski definition) is 1. The summed E-state index contributed by atoms with van der Waals surface area (Å²) in [6.45, 7) is 5.20. The van der Waals surface area contributed by atoms with Crippen LogP contribution in [-0.4, -0.2) is 30.0 Å². The van der Waals surface area contributed by atoms with E-state index in [1.807, 2.05) is 24.8 Å². The van der Waals surface area contributed by atoms with Gasteiger partial charge in [-0.05, 0) is 26.0 Å². The van der Waals surface area contributed by atoms with Gasteiger partial charge in [-0.15, -0.1) is 0 Å². The average Bonchev–Trinajstić information content (AvgIpc) is 2.70. The predicted octanol–water partition coefficient (Wildman–Crippen LogP) is 2.40. The summed E-state index contributed by atoms with van der Waals surface area (Å²) in [4.78, 5) is 18.2. The van der Waals surface area contributed by atoms with E-state index in [0.717, 1.165) is 9.83 Å². The highest BCUT2D eigenvalue weighted by Crippen LogP contribution is 2.33. The number of benzene rings is 1. The van der Waals surface area contributed by atoms with Crippen LogP contribution in [0.2, 0.25) is 0 Å². The highest BCUT2D eigenvalue weighted by atomic mass is 32.1. The van der Waals surface area contributed by atoms with Crippen LogP contribution in [0.5, 0.6) is 0 Å². The first-order valence-corrected chi connectivity index (χ1v) is 7.46. The third kappa shape index (κ3) is 2.35. The van der Waals surface area contributed by atoms with Crippen molar-refractivity contribution < 1.29 is 9.18 Å². The number of thiazole rings is 1. The molecule has 0 saturated carbocycles. The van der Waals surface area contributed by atoms with Gasteiger partial charge in [0.1, 0.15) is 11.3 Å². The Morgan fingerprint density at radius 3 is 2.90 bits per heavy atom. The molecule has 0 aliphatic carbocycles. The number of amides is 1. The number of para-hydroxylation sites is 1. The number of hydrogen-bond acceptors (Lipinski definition) is 4. The van der Waals surface area contributed by atoms with Crippen LogP contribution >= 0.6 is 11.3 Å². The molecular formula is C14H16FN3OS. The summed E-state index contributed by atoms with van der Waals surface area (Å²) in [6, 6.07) is 5.13. The Hall–Kier alpha value is -1.69. The molecule has 2 heterocycles. The van der Waals surface area contributed by atoms with Gasteiger partial charge in [0.05, 0.1) is 10.6 Å². The van der Waals surface area contributed by atoms with Crippen LogP contribution in [0.25, 0.3) is 10.2 Å². The van der Waals surface area contributed by atoms with Gasteiger partial charge in [-0.25, -0.2) is 9.37 Å². The molecule has 1 fully saturated rings. The lowest BCUT2D eigenvalue weighted by Crippen LogP contribution is -2.54. The molecule has 3 rings (SSSR count). The molecule has 0 bridgehead atoms. The molecule has 1 aromatic heterocycles. The lowest BCUT2D eigenvalue weighted by molar-refractivity contribution is -0.126. The smallest absolute Gasteiger partial charge is 0.226 e. The number of nitrogens with zero attached hydrogens (tertiary/aromatic N) is 2. The molecule has 0 radical (unpaired) electrons. The minimum atomic E-state index is -0.292. The van der Waals surface area contributed by atoms with Crippen molar-refractivity contribution in [2.75, 3.05) is 18.0 Å². The van der Waals surface area contributed by atoms with Gasteiger partial charge >= 0.3 is 0 Å². The second-order valence-corrected chi connectivity index (χ2v) is 6.36. The van der Waals surface area contributed by atoms with Crippen LogP contribution in [0.1, 0.15) is 13.8 Å². The van der Waals surface area contributed by atoms with E-state index < -0.39 is 0 Å². The Bertz CT molecular complexity index is 649. The summed E-state index contributed by atoms with van der Waals surface area (Å²) < 4.78 is 14.4. The van der Waals surface area contributed by atoms with Crippen molar-refractivity contribution in [3.05, 3.63) is 24.0 Å². The number of anilines is 1. The zero-order valence-corrected chi connectivity index (χ0v) is 12.2. The third-order valence-corrected chi connectivity index (χ3v) is 4.39. The summed E-state index contributed by atoms with van der Waals surface area (Å²) in [5, 5.41) is 3.70. The Balaban J connectivity index is 1.69. The first-order chi connectivity index (χ1) is 9.54. The molecule has 0 unspecified atom stereocenters. The zero-order chi connectivity index (χ0) is 14.3. The zero-order valence-electron chi connectivity index (χ0n) is 11.4. The highest BCUT2D eigenvalue weighted by Gasteiger charge is 2.34. The minimum Gasteiger partial charge on any atom is -0.354 e. The molecule has 1 amide bonds. The predicted molar refractivity (Wildman–Crippen MR) is 78.6 cm³/mol. The molecule has 1 saturated heterocycles. The van der Waals surface area contributed by atoms with Gasteiger partial charge in [0.2, 0.25) is 5.91 Å². The monoisotopic (exact) mass is 293 g/mol. The Kier molecular flexibility index (Phi) is 3.33. The van der Waals surface area contributed by atoms with Gasteiger partial charge in [0.15, 0.2) is 5.13 Å². The summed E-state index contributed by atoms with van der Waals surface area (Å²) in [7, 11) is 0. The van der Waals surface area contributed by atoms with E-state index in [1.54, 1.807) is 6.07 Å². The molecule has 20 heavy (non-hydrogen) atoms. The lowest BCUT2D eigenvalue weighted by atomic mass is 10.00. The van der Waals surface area contributed by atoms with Crippen molar-refractivity contribution in [1.82, 2.24) is 10.3 Å². The quantitative estimate of drug-likeness (QED) is 0.945. The first-order valence-electron chi connectivity index (χ1n) is 6.65. The van der Waals surface area contributed by atoms with Gasteiger partial charge in [-0.3, -0.25) is 4.79 Å². The molecule has 1 N–H and O–H groups in total. The largest absolute Gasteiger partial charge is 0.354 e. The van der Waals surface area contributed by atoms with Crippen molar-refractivity contribution in [1.29, 1.82) is 0 Å². The van der Waals surface area contributed by atoms with Crippen LogP contribution in [0.15, 0.2) is 18.2 Å². The second-order valence-electron chi connectivity index (χ2n) is 5.35. The molecule has 0 atom stereocenters. The average molecular weight is 293 g/mol. The number of rotatable bonds is 3. The van der Waals surface area contributed by atoms with Crippen LogP contribution in [0, 0.1) is 11.7 Å². The standard InChI is InChI=1S/C14H16FN3OS/c1-8(2)16-13(19)9-6-18(7-9)14-17-12-10(15)4-3-5-11(12)20-14/h3-5,8-9H,6-7H2,1-2H3,(H,16,19). The van der Waals surface area contributed by atoms with E-state index in [4.69, 9.17) is 0 Å². The fourth-order valence-electron chi connectivity index (χ4n) is 2.24. The third-order valence-electron chi connectivity index (χ3n) is 3.31. The molecular weight excluding hydrogens is 277 g/mol. The van der Waals surface area contributed by atoms with Crippen LogP contribution in [0.4, 0.5) is 9.52 Å². The van der Waals surface area contributed by atoms with E-state index in [9.17, 15) is 9.18 Å². The van der Waals surface area contributed by atoms with Crippen molar-refractivity contribution in [3.63, 3.8) is 0 Å². The van der Waals surface area contributed by atoms with Gasteiger partial charge in [0, 0.05) is 19.1 Å². The number of carbonyl (C=O) groups excluding carboxylic acids is 1. The number of aromatic nitrogens is 1. The van der Waals surface area contributed by atoms with Crippen molar-refractivity contribution in [2.45, 2.75) is 19.9 Å². The van der Waals surface area contributed by atoms with Crippen LogP contribution in [-0.2, 0) is 4.79 Å². The maximum atomic E-state index is 13.6. The van der Waals surface area contributed by atoms with Crippen molar-refractivity contribution in [2.24, 2.45) is 5.92 Å². The lowest BCUT2D eigenvalue weighted by Gasteiger charge is -2.38. The molecule has 4 nitrogen and oxygen atoms in total. The Labute approximate surface area is 120 Å². The summed E-state index contributed by atoms with van der Waals surface area (Å²) in [5.41, 5.74) is 0.419. The van der Waals surface area contributed by atoms with E-state index >= 15 is 0 Å². The fourth-order valence-corrected chi connectivity index (χ4v) is 3.24. The molecule has 1 aromatic carbocycles. The van der Waals surface area contributed by atoms with Crippen molar-refractivity contribution in [3.8, 4) is 0 Å². The van der Waals surface area contributed by atoms with E-state index in [1.165, 1.54) is 17.4 Å². The Morgan fingerprint density at radius 1 is 1.50 bits per heavy atom. The maximum absolute atomic E-state index is 13.6. The number of fused-ring (bicyclic) bond motifs is 1. The van der Waals surface area contributed by atoms with Gasteiger partial charge < -0.3 is 10.2 Å². The number of halogens is 1. The van der Waals surface area contributed by atoms with E-state index in [0.29, 0.717) is 18.6 Å². The van der Waals surface area contributed by atoms with Crippen LogP contribution < -0.4 is 10.2 Å². The highest BCUT2D eigenvalue weighted by molar-refractivity contribution is 7.22. The molecule has 0 spiro atoms. The summed E-state index contributed by atoms with van der Waals surface area (Å²) in [5.74, 6) is -0.197. The summed E-state index contributed by atoms with van der Waals surface area (Å²) in [6.07, 6.45) is 0. The van der Waals surface area contributed by atoms with Gasteiger partial charge in [-0.1, -0.05) is 17.4 Å². The maximum Gasteiger partial charge on any atom is 0.226 e. The van der Waals surface area contributed by atoms with Crippen LogP contribution in [0.3, 0.4) is 0 Å². The normalized spacial score (nSPS) is 15.7. The molecule has 2 aromatic rings. The topological polar surface area (TPSA) is 45.2 Å². The number of carbonyl (C=O) groups is 1. The van der Waals surface area contributed by atoms with E-state index in [2.05, 4.69) is 10.3 Å². The van der Waals surface area contributed by atoms with Gasteiger partial charge in [0.25, 0.3) is 0 Å². The summed E-state index contributed by atoms with van der Waals surface area (Å²) >= 11 is 1.47. The molecule has 106 valence electrons. The molecule has 1 aliphatic rings. The molecule has 6 heteroatoms. The first kappa shape index (κ1) is 13.3. The minimum absolute atomic E-state index is 0.00857. The molecule has 1 aliphatic heterocycles. The Morgan fingerprint density at radius 2 is 2.25 bits per heavy atom. The second kappa shape index (κ2) is 5.01. The number of nitrogens with one attached hydrogen (secondary N) is 1. The fraction of sp³-hybridized carbons (Fsp3) is 0.429. The van der Waals surface area contributed by atoms with Crippen molar-refractivity contribution >= 4 is 32.6 Å². The van der Waals surface area contributed by atoms with Gasteiger partial charge in [-0.2, -0.15) is 0 Å². The SMILES string of the molecule is CC(C)NC(=O)C1CN(c2nc3c(F)cccc3s2)C1. The van der Waals surface area contributed by atoms with E-state index in [-0.39, 0.29) is 23.7 Å².